The second-order valence-corrected chi connectivity index (χ2v) is 9.44. The molecule has 2 saturated carbocycles. The van der Waals surface area contributed by atoms with Gasteiger partial charge in [-0.05, 0) is 57.7 Å². The number of carbonyl (C=O) groups is 2. The van der Waals surface area contributed by atoms with Crippen molar-refractivity contribution in [2.24, 2.45) is 5.92 Å². The van der Waals surface area contributed by atoms with Crippen LogP contribution < -0.4 is 0 Å². The van der Waals surface area contributed by atoms with Gasteiger partial charge in [0.25, 0.3) is 0 Å². The third kappa shape index (κ3) is 4.03. The van der Waals surface area contributed by atoms with Crippen molar-refractivity contribution in [2.45, 2.75) is 86.6 Å². The van der Waals surface area contributed by atoms with Gasteiger partial charge in [-0.15, -0.1) is 0 Å². The molecular formula is C20H33NO8. The molecule has 9 nitrogen and oxygen atoms in total. The van der Waals surface area contributed by atoms with Gasteiger partial charge in [0.15, 0.2) is 0 Å². The second kappa shape index (κ2) is 7.77. The molecule has 3 aliphatic rings. The molecule has 1 saturated heterocycles. The predicted octanol–water partition coefficient (Wildman–Crippen LogP) is -0.0600. The van der Waals surface area contributed by atoms with Crippen molar-refractivity contribution in [3.05, 3.63) is 0 Å². The summed E-state index contributed by atoms with van der Waals surface area (Å²) in [6.07, 6.45) is 1.70. The summed E-state index contributed by atoms with van der Waals surface area (Å²) in [4.78, 5) is 25.0. The van der Waals surface area contributed by atoms with E-state index in [1.165, 1.54) is 6.42 Å². The van der Waals surface area contributed by atoms with Crippen LogP contribution in [0.1, 0.15) is 64.2 Å². The molecule has 0 bridgehead atoms. The van der Waals surface area contributed by atoms with E-state index in [4.69, 9.17) is 0 Å². The molecule has 5 unspecified atom stereocenters. The van der Waals surface area contributed by atoms with Crippen LogP contribution >= 0.6 is 0 Å². The number of aliphatic hydroxyl groups is 4. The Morgan fingerprint density at radius 3 is 1.97 bits per heavy atom. The first-order chi connectivity index (χ1) is 13.4. The van der Waals surface area contributed by atoms with Gasteiger partial charge in [-0.25, -0.2) is 0 Å². The van der Waals surface area contributed by atoms with Gasteiger partial charge in [0.2, 0.25) is 0 Å². The summed E-state index contributed by atoms with van der Waals surface area (Å²) < 4.78 is 0. The number of nitrogens with zero attached hydrogens (tertiary/aromatic N) is 1. The fourth-order valence-electron chi connectivity index (χ4n) is 5.92. The molecule has 2 aliphatic carbocycles. The molecule has 0 aromatic heterocycles. The quantitative estimate of drug-likeness (QED) is 0.335. The van der Waals surface area contributed by atoms with E-state index in [0.717, 1.165) is 32.5 Å². The number of hydrogen-bond donors (Lipinski definition) is 6. The fourth-order valence-corrected chi connectivity index (χ4v) is 5.92. The number of piperidine rings is 1. The average molecular weight is 415 g/mol. The molecule has 166 valence electrons. The number of carboxylic acids is 2. The Kier molecular flexibility index (Phi) is 6.01. The minimum Gasteiger partial charge on any atom is -0.481 e. The maximum absolute atomic E-state index is 11.5. The molecule has 0 aromatic carbocycles. The van der Waals surface area contributed by atoms with Crippen LogP contribution in [0.15, 0.2) is 0 Å². The van der Waals surface area contributed by atoms with E-state index in [0.29, 0.717) is 12.8 Å². The van der Waals surface area contributed by atoms with Gasteiger partial charge in [0, 0.05) is 12.8 Å². The highest BCUT2D eigenvalue weighted by Crippen LogP contribution is 2.59. The lowest BCUT2D eigenvalue weighted by Gasteiger charge is -2.57. The normalized spacial score (nSPS) is 43.1. The summed E-state index contributed by atoms with van der Waals surface area (Å²) in [5, 5.41) is 63.2. The molecule has 1 heterocycles. The smallest absolute Gasteiger partial charge is 0.306 e. The molecule has 0 amide bonds. The van der Waals surface area contributed by atoms with Crippen LogP contribution in [0.5, 0.6) is 0 Å². The van der Waals surface area contributed by atoms with Crippen LogP contribution in [0.3, 0.4) is 0 Å². The first kappa shape index (κ1) is 22.4. The molecule has 6 N–H and O–H groups in total. The molecule has 29 heavy (non-hydrogen) atoms. The Hall–Kier alpha value is -1.26. The largest absolute Gasteiger partial charge is 0.481 e. The molecule has 3 rings (SSSR count). The van der Waals surface area contributed by atoms with E-state index in [2.05, 4.69) is 4.90 Å². The van der Waals surface area contributed by atoms with Gasteiger partial charge in [0.05, 0.1) is 24.0 Å². The van der Waals surface area contributed by atoms with Crippen molar-refractivity contribution in [3.8, 4) is 0 Å². The van der Waals surface area contributed by atoms with Gasteiger partial charge in [0.1, 0.15) is 11.2 Å². The van der Waals surface area contributed by atoms with Crippen molar-refractivity contribution < 1.29 is 40.2 Å². The third-order valence-corrected chi connectivity index (χ3v) is 7.53. The Morgan fingerprint density at radius 2 is 1.41 bits per heavy atom. The zero-order valence-electron chi connectivity index (χ0n) is 16.7. The topological polar surface area (TPSA) is 159 Å². The van der Waals surface area contributed by atoms with Crippen LogP contribution in [-0.2, 0) is 9.59 Å². The van der Waals surface area contributed by atoms with Gasteiger partial charge in [-0.2, -0.15) is 0 Å². The van der Waals surface area contributed by atoms with E-state index >= 15 is 0 Å². The Bertz CT molecular complexity index is 652. The summed E-state index contributed by atoms with van der Waals surface area (Å²) in [6.45, 7) is 2.70. The van der Waals surface area contributed by atoms with Crippen molar-refractivity contribution in [1.82, 2.24) is 4.90 Å². The standard InChI is InChI=1S/C20H33NO8/c22-15(23)10-18(27)12-17(26)6-4-14(5-9-21-7-2-1-3-8-21)20(17,29)13-19(18,28)11-16(24)25/h14,26-29H,1-13H2,(H,22,23)(H,24,25). The molecule has 9 heteroatoms. The molecule has 0 radical (unpaired) electrons. The Labute approximate surface area is 170 Å². The van der Waals surface area contributed by atoms with Crippen molar-refractivity contribution in [2.75, 3.05) is 19.6 Å². The van der Waals surface area contributed by atoms with E-state index in [1.54, 1.807) is 0 Å². The zero-order valence-corrected chi connectivity index (χ0v) is 16.7. The summed E-state index contributed by atoms with van der Waals surface area (Å²) in [7, 11) is 0. The van der Waals surface area contributed by atoms with Gasteiger partial charge < -0.3 is 35.5 Å². The first-order valence-corrected chi connectivity index (χ1v) is 10.5. The molecular weight excluding hydrogens is 382 g/mol. The predicted molar refractivity (Wildman–Crippen MR) is 101 cm³/mol. The highest BCUT2D eigenvalue weighted by atomic mass is 16.4. The molecule has 5 atom stereocenters. The Morgan fingerprint density at radius 1 is 0.862 bits per heavy atom. The highest BCUT2D eigenvalue weighted by molar-refractivity contribution is 5.71. The third-order valence-electron chi connectivity index (χ3n) is 7.53. The summed E-state index contributed by atoms with van der Waals surface area (Å²) in [5.74, 6) is -3.19. The molecule has 0 spiro atoms. The number of rotatable bonds is 7. The van der Waals surface area contributed by atoms with Gasteiger partial charge in [-0.1, -0.05) is 6.42 Å². The van der Waals surface area contributed by atoms with Crippen molar-refractivity contribution >= 4 is 11.9 Å². The fraction of sp³-hybridized carbons (Fsp3) is 0.900. The summed E-state index contributed by atoms with van der Waals surface area (Å²) in [5.41, 5.74) is -8.25. The second-order valence-electron chi connectivity index (χ2n) is 9.44. The van der Waals surface area contributed by atoms with E-state index in [-0.39, 0.29) is 12.3 Å². The summed E-state index contributed by atoms with van der Waals surface area (Å²) >= 11 is 0. The summed E-state index contributed by atoms with van der Waals surface area (Å²) in [6, 6.07) is 0. The number of carboxylic acid groups (broad SMARTS) is 2. The number of fused-ring (bicyclic) bond motifs is 1. The van der Waals surface area contributed by atoms with Crippen LogP contribution in [0.2, 0.25) is 0 Å². The maximum Gasteiger partial charge on any atom is 0.306 e. The lowest BCUT2D eigenvalue weighted by atomic mass is 9.56. The van der Waals surface area contributed by atoms with Crippen LogP contribution in [0, 0.1) is 5.92 Å². The molecule has 3 fully saturated rings. The number of aliphatic carboxylic acids is 2. The minimum absolute atomic E-state index is 0.166. The minimum atomic E-state index is -2.36. The van der Waals surface area contributed by atoms with E-state index in [1.807, 2.05) is 0 Å². The van der Waals surface area contributed by atoms with E-state index < -0.39 is 60.0 Å². The molecule has 1 aliphatic heterocycles. The SMILES string of the molecule is O=C(O)CC1(O)CC2(O)CCC(CCN3CCCCC3)C2(O)CC1(O)CC(=O)O. The zero-order chi connectivity index (χ0) is 21.5. The van der Waals surface area contributed by atoms with Crippen molar-refractivity contribution in [3.63, 3.8) is 0 Å². The van der Waals surface area contributed by atoms with E-state index in [9.17, 15) is 40.2 Å². The van der Waals surface area contributed by atoms with Gasteiger partial charge in [-0.3, -0.25) is 9.59 Å². The highest BCUT2D eigenvalue weighted by Gasteiger charge is 2.71. The number of hydrogen-bond acceptors (Lipinski definition) is 7. The first-order valence-electron chi connectivity index (χ1n) is 10.5. The lowest BCUT2D eigenvalue weighted by molar-refractivity contribution is -0.288. The van der Waals surface area contributed by atoms with Crippen LogP contribution in [-0.4, -0.2) is 89.5 Å². The van der Waals surface area contributed by atoms with Crippen LogP contribution in [0.25, 0.3) is 0 Å². The monoisotopic (exact) mass is 415 g/mol. The lowest BCUT2D eigenvalue weighted by Crippen LogP contribution is -2.72. The van der Waals surface area contributed by atoms with Gasteiger partial charge >= 0.3 is 11.9 Å². The Balaban J connectivity index is 1.84. The average Bonchev–Trinajstić information content (AvgIpc) is 2.82. The molecule has 0 aromatic rings. The van der Waals surface area contributed by atoms with Crippen molar-refractivity contribution in [1.29, 1.82) is 0 Å². The number of likely N-dealkylation sites (tertiary alicyclic amines) is 1. The van der Waals surface area contributed by atoms with Crippen LogP contribution in [0.4, 0.5) is 0 Å². The maximum atomic E-state index is 11.5.